The maximum atomic E-state index is 12.4. The van der Waals surface area contributed by atoms with Gasteiger partial charge in [0.2, 0.25) is 5.91 Å². The summed E-state index contributed by atoms with van der Waals surface area (Å²) in [5, 5.41) is 11.9. The van der Waals surface area contributed by atoms with E-state index in [-0.39, 0.29) is 17.4 Å². The van der Waals surface area contributed by atoms with E-state index in [0.717, 1.165) is 24.0 Å². The van der Waals surface area contributed by atoms with Crippen molar-refractivity contribution in [3.8, 4) is 0 Å². The summed E-state index contributed by atoms with van der Waals surface area (Å²) in [6, 6.07) is 14.9. The maximum absolute atomic E-state index is 12.4. The van der Waals surface area contributed by atoms with Gasteiger partial charge in [-0.3, -0.25) is 4.79 Å². The molecule has 1 aliphatic carbocycles. The minimum atomic E-state index is -0.926. The van der Waals surface area contributed by atoms with Crippen molar-refractivity contribution in [2.24, 2.45) is 0 Å². The first-order chi connectivity index (χ1) is 11.1. The highest BCUT2D eigenvalue weighted by atomic mass is 16.4. The number of benzene rings is 2. The molecule has 0 fully saturated rings. The van der Waals surface area contributed by atoms with Crippen LogP contribution in [-0.2, 0) is 17.6 Å². The first-order valence-electron chi connectivity index (χ1n) is 7.83. The zero-order valence-corrected chi connectivity index (χ0v) is 12.8. The summed E-state index contributed by atoms with van der Waals surface area (Å²) in [7, 11) is 0. The third kappa shape index (κ3) is 3.42. The van der Waals surface area contributed by atoms with Crippen LogP contribution < -0.4 is 5.32 Å². The Labute approximate surface area is 135 Å². The SMILES string of the molecule is O=C(O)c1ccc(CCNC(=O)C2CCc3ccccc32)cc1. The first kappa shape index (κ1) is 15.3. The van der Waals surface area contributed by atoms with Crippen molar-refractivity contribution in [2.45, 2.75) is 25.2 Å². The number of carboxylic acid groups (broad SMARTS) is 1. The summed E-state index contributed by atoms with van der Waals surface area (Å²) in [5.74, 6) is -0.887. The Morgan fingerprint density at radius 2 is 1.83 bits per heavy atom. The Balaban J connectivity index is 1.53. The number of carbonyl (C=O) groups excluding carboxylic acids is 1. The van der Waals surface area contributed by atoms with Gasteiger partial charge in [0.15, 0.2) is 0 Å². The summed E-state index contributed by atoms with van der Waals surface area (Å²) in [5.41, 5.74) is 3.72. The molecule has 1 aliphatic rings. The highest BCUT2D eigenvalue weighted by Crippen LogP contribution is 2.32. The van der Waals surface area contributed by atoms with Crippen LogP contribution in [0, 0.1) is 0 Å². The zero-order valence-electron chi connectivity index (χ0n) is 12.8. The highest BCUT2D eigenvalue weighted by Gasteiger charge is 2.27. The van der Waals surface area contributed by atoms with Gasteiger partial charge >= 0.3 is 5.97 Å². The van der Waals surface area contributed by atoms with Crippen LogP contribution in [0.2, 0.25) is 0 Å². The largest absolute Gasteiger partial charge is 0.478 e. The lowest BCUT2D eigenvalue weighted by Crippen LogP contribution is -2.30. The molecule has 0 bridgehead atoms. The summed E-state index contributed by atoms with van der Waals surface area (Å²) < 4.78 is 0. The molecule has 0 radical (unpaired) electrons. The second-order valence-electron chi connectivity index (χ2n) is 5.83. The number of hydrogen-bond donors (Lipinski definition) is 2. The van der Waals surface area contributed by atoms with Gasteiger partial charge in [0, 0.05) is 6.54 Å². The Hall–Kier alpha value is -2.62. The number of carbonyl (C=O) groups is 2. The first-order valence-corrected chi connectivity index (χ1v) is 7.83. The van der Waals surface area contributed by atoms with Crippen molar-refractivity contribution >= 4 is 11.9 Å². The van der Waals surface area contributed by atoms with Crippen LogP contribution in [0.4, 0.5) is 0 Å². The van der Waals surface area contributed by atoms with E-state index in [1.54, 1.807) is 24.3 Å². The van der Waals surface area contributed by atoms with Crippen molar-refractivity contribution in [1.29, 1.82) is 0 Å². The molecule has 0 saturated carbocycles. The van der Waals surface area contributed by atoms with E-state index in [4.69, 9.17) is 5.11 Å². The molecule has 4 heteroatoms. The van der Waals surface area contributed by atoms with Gasteiger partial charge in [0.1, 0.15) is 0 Å². The average molecular weight is 309 g/mol. The molecular formula is C19H19NO3. The van der Waals surface area contributed by atoms with Crippen molar-refractivity contribution < 1.29 is 14.7 Å². The van der Waals surface area contributed by atoms with E-state index >= 15 is 0 Å². The molecule has 1 amide bonds. The fraction of sp³-hybridized carbons (Fsp3) is 0.263. The predicted molar refractivity (Wildman–Crippen MR) is 87.6 cm³/mol. The highest BCUT2D eigenvalue weighted by molar-refractivity contribution is 5.87. The van der Waals surface area contributed by atoms with Crippen LogP contribution in [0.25, 0.3) is 0 Å². The number of aromatic carboxylic acids is 1. The molecule has 2 aromatic rings. The minimum Gasteiger partial charge on any atom is -0.478 e. The number of carboxylic acids is 1. The summed E-state index contributed by atoms with van der Waals surface area (Å²) in [4.78, 5) is 23.2. The molecule has 2 N–H and O–H groups in total. The van der Waals surface area contributed by atoms with E-state index in [9.17, 15) is 9.59 Å². The van der Waals surface area contributed by atoms with Gasteiger partial charge in [-0.05, 0) is 48.1 Å². The molecule has 0 aliphatic heterocycles. The van der Waals surface area contributed by atoms with E-state index in [1.165, 1.54) is 5.56 Å². The molecule has 3 rings (SSSR count). The molecule has 118 valence electrons. The average Bonchev–Trinajstić information content (AvgIpc) is 2.99. The van der Waals surface area contributed by atoms with Crippen LogP contribution in [0.1, 0.15) is 39.4 Å². The lowest BCUT2D eigenvalue weighted by Gasteiger charge is -2.12. The standard InChI is InChI=1S/C19H19NO3/c21-18(17-10-9-14-3-1-2-4-16(14)17)20-12-11-13-5-7-15(8-6-13)19(22)23/h1-8,17H,9-12H2,(H,20,21)(H,22,23). The summed E-state index contributed by atoms with van der Waals surface area (Å²) in [6.07, 6.45) is 2.53. The van der Waals surface area contributed by atoms with Crippen LogP contribution >= 0.6 is 0 Å². The van der Waals surface area contributed by atoms with Gasteiger partial charge in [0.25, 0.3) is 0 Å². The number of hydrogen-bond acceptors (Lipinski definition) is 2. The molecule has 0 heterocycles. The molecule has 1 unspecified atom stereocenters. The summed E-state index contributed by atoms with van der Waals surface area (Å²) >= 11 is 0. The lowest BCUT2D eigenvalue weighted by molar-refractivity contribution is -0.122. The number of fused-ring (bicyclic) bond motifs is 1. The number of rotatable bonds is 5. The number of aryl methyl sites for hydroxylation is 1. The maximum Gasteiger partial charge on any atom is 0.335 e. The molecule has 0 aromatic heterocycles. The van der Waals surface area contributed by atoms with E-state index in [0.29, 0.717) is 13.0 Å². The fourth-order valence-corrected chi connectivity index (χ4v) is 3.10. The second kappa shape index (κ2) is 6.65. The van der Waals surface area contributed by atoms with Crippen LogP contribution in [0.5, 0.6) is 0 Å². The number of amides is 1. The molecule has 1 atom stereocenters. The van der Waals surface area contributed by atoms with E-state index < -0.39 is 5.97 Å². The molecular weight excluding hydrogens is 290 g/mol. The second-order valence-corrected chi connectivity index (χ2v) is 5.83. The van der Waals surface area contributed by atoms with Crippen molar-refractivity contribution in [1.82, 2.24) is 5.32 Å². The third-order valence-corrected chi connectivity index (χ3v) is 4.36. The van der Waals surface area contributed by atoms with Gasteiger partial charge < -0.3 is 10.4 Å². The van der Waals surface area contributed by atoms with Crippen molar-refractivity contribution in [3.63, 3.8) is 0 Å². The lowest BCUT2D eigenvalue weighted by atomic mass is 10.0. The van der Waals surface area contributed by atoms with Crippen molar-refractivity contribution in [3.05, 3.63) is 70.8 Å². The molecule has 2 aromatic carbocycles. The van der Waals surface area contributed by atoms with Gasteiger partial charge in [-0.25, -0.2) is 4.79 Å². The third-order valence-electron chi connectivity index (χ3n) is 4.36. The zero-order chi connectivity index (χ0) is 16.2. The van der Waals surface area contributed by atoms with Crippen LogP contribution in [0.15, 0.2) is 48.5 Å². The Morgan fingerprint density at radius 3 is 2.57 bits per heavy atom. The topological polar surface area (TPSA) is 66.4 Å². The quantitative estimate of drug-likeness (QED) is 0.892. The minimum absolute atomic E-state index is 0.0411. The summed E-state index contributed by atoms with van der Waals surface area (Å²) in [6.45, 7) is 0.559. The fourth-order valence-electron chi connectivity index (χ4n) is 3.10. The number of nitrogens with one attached hydrogen (secondary N) is 1. The Morgan fingerprint density at radius 1 is 1.09 bits per heavy atom. The Kier molecular flexibility index (Phi) is 4.42. The van der Waals surface area contributed by atoms with Crippen molar-refractivity contribution in [2.75, 3.05) is 6.54 Å². The van der Waals surface area contributed by atoms with Gasteiger partial charge in [-0.2, -0.15) is 0 Å². The van der Waals surface area contributed by atoms with Gasteiger partial charge in [0.05, 0.1) is 11.5 Å². The van der Waals surface area contributed by atoms with Gasteiger partial charge in [-0.1, -0.05) is 36.4 Å². The molecule has 0 saturated heterocycles. The van der Waals surface area contributed by atoms with Crippen LogP contribution in [-0.4, -0.2) is 23.5 Å². The monoisotopic (exact) mass is 309 g/mol. The molecule has 0 spiro atoms. The molecule has 23 heavy (non-hydrogen) atoms. The van der Waals surface area contributed by atoms with E-state index in [2.05, 4.69) is 11.4 Å². The van der Waals surface area contributed by atoms with E-state index in [1.807, 2.05) is 18.2 Å². The smallest absolute Gasteiger partial charge is 0.335 e. The predicted octanol–water partition coefficient (Wildman–Crippen LogP) is 2.77. The normalized spacial score (nSPS) is 15.9. The van der Waals surface area contributed by atoms with Gasteiger partial charge in [-0.15, -0.1) is 0 Å². The molecule has 4 nitrogen and oxygen atoms in total. The van der Waals surface area contributed by atoms with Crippen LogP contribution in [0.3, 0.4) is 0 Å². The Bertz CT molecular complexity index is 722.